The molecule has 0 radical (unpaired) electrons. The molecule has 1 aromatic carbocycles. The molecule has 0 fully saturated rings. The molecule has 2 N–H and O–H groups in total. The van der Waals surface area contributed by atoms with E-state index in [0.717, 1.165) is 5.56 Å². The first kappa shape index (κ1) is 13.4. The van der Waals surface area contributed by atoms with Crippen molar-refractivity contribution in [1.29, 1.82) is 0 Å². The Kier molecular flexibility index (Phi) is 5.36. The van der Waals surface area contributed by atoms with Crippen molar-refractivity contribution in [2.24, 2.45) is 5.73 Å². The number of hydrogen-bond acceptors (Lipinski definition) is 4. The van der Waals surface area contributed by atoms with Gasteiger partial charge in [-0.2, -0.15) is 0 Å². The zero-order valence-corrected chi connectivity index (χ0v) is 9.94. The first-order valence-electron chi connectivity index (χ1n) is 5.65. The van der Waals surface area contributed by atoms with Crippen LogP contribution in [-0.2, 0) is 16.0 Å². The Bertz CT molecular complexity index is 384. The van der Waals surface area contributed by atoms with Crippen LogP contribution < -0.4 is 5.73 Å². The lowest BCUT2D eigenvalue weighted by Crippen LogP contribution is -2.13. The van der Waals surface area contributed by atoms with Gasteiger partial charge < -0.3 is 10.5 Å². The molecule has 17 heavy (non-hydrogen) atoms. The average Bonchev–Trinajstić information content (AvgIpc) is 2.36. The third-order valence-electron chi connectivity index (χ3n) is 2.39. The highest BCUT2D eigenvalue weighted by Gasteiger charge is 2.06. The summed E-state index contributed by atoms with van der Waals surface area (Å²) in [5.41, 5.74) is 6.76. The first-order chi connectivity index (χ1) is 8.17. The number of carbonyl (C=O) groups is 2. The Labute approximate surface area is 101 Å². The first-order valence-corrected chi connectivity index (χ1v) is 5.65. The molecule has 0 saturated heterocycles. The van der Waals surface area contributed by atoms with E-state index < -0.39 is 0 Å². The van der Waals surface area contributed by atoms with Crippen molar-refractivity contribution in [2.45, 2.75) is 19.8 Å². The molecule has 0 heterocycles. The van der Waals surface area contributed by atoms with Crippen molar-refractivity contribution < 1.29 is 14.3 Å². The monoisotopic (exact) mass is 235 g/mol. The van der Waals surface area contributed by atoms with Gasteiger partial charge in [0, 0.05) is 6.42 Å². The van der Waals surface area contributed by atoms with E-state index in [9.17, 15) is 9.59 Å². The highest BCUT2D eigenvalue weighted by molar-refractivity contribution is 5.89. The van der Waals surface area contributed by atoms with E-state index in [0.29, 0.717) is 25.0 Å². The summed E-state index contributed by atoms with van der Waals surface area (Å²) in [6.45, 7) is 2.22. The van der Waals surface area contributed by atoms with E-state index in [1.54, 1.807) is 19.1 Å². The van der Waals surface area contributed by atoms with E-state index in [1.807, 2.05) is 12.1 Å². The largest absolute Gasteiger partial charge is 0.462 e. The van der Waals surface area contributed by atoms with Gasteiger partial charge in [0.2, 0.25) is 0 Å². The van der Waals surface area contributed by atoms with Gasteiger partial charge in [0.15, 0.2) is 0 Å². The van der Waals surface area contributed by atoms with Crippen molar-refractivity contribution in [3.05, 3.63) is 35.4 Å². The average molecular weight is 235 g/mol. The highest BCUT2D eigenvalue weighted by atomic mass is 16.5. The smallest absolute Gasteiger partial charge is 0.338 e. The predicted octanol–water partition coefficient (Wildman–Crippen LogP) is 1.32. The van der Waals surface area contributed by atoms with Crippen LogP contribution in [0.5, 0.6) is 0 Å². The van der Waals surface area contributed by atoms with Crippen molar-refractivity contribution in [1.82, 2.24) is 0 Å². The number of aryl methyl sites for hydroxylation is 1. The van der Waals surface area contributed by atoms with Gasteiger partial charge in [0.05, 0.1) is 18.7 Å². The summed E-state index contributed by atoms with van der Waals surface area (Å²) >= 11 is 0. The summed E-state index contributed by atoms with van der Waals surface area (Å²) in [5.74, 6) is -0.281. The minimum Gasteiger partial charge on any atom is -0.462 e. The van der Waals surface area contributed by atoms with Gasteiger partial charge in [-0.25, -0.2) is 4.79 Å². The summed E-state index contributed by atoms with van der Waals surface area (Å²) in [4.78, 5) is 22.4. The van der Waals surface area contributed by atoms with E-state index in [4.69, 9.17) is 10.5 Å². The maximum atomic E-state index is 11.4. The van der Waals surface area contributed by atoms with Gasteiger partial charge in [-0.3, -0.25) is 4.79 Å². The number of benzene rings is 1. The third-order valence-corrected chi connectivity index (χ3v) is 2.39. The quantitative estimate of drug-likeness (QED) is 0.755. The van der Waals surface area contributed by atoms with Gasteiger partial charge >= 0.3 is 5.97 Å². The fraction of sp³-hybridized carbons (Fsp3) is 0.385. The normalized spacial score (nSPS) is 10.0. The van der Waals surface area contributed by atoms with E-state index in [2.05, 4.69) is 0 Å². The maximum Gasteiger partial charge on any atom is 0.338 e. The van der Waals surface area contributed by atoms with Gasteiger partial charge in [-0.15, -0.1) is 0 Å². The van der Waals surface area contributed by atoms with Crippen LogP contribution in [-0.4, -0.2) is 24.9 Å². The van der Waals surface area contributed by atoms with Crippen LogP contribution in [0, 0.1) is 0 Å². The summed E-state index contributed by atoms with van der Waals surface area (Å²) < 4.78 is 4.87. The Balaban J connectivity index is 2.56. The standard InChI is InChI=1S/C13H17NO3/c1-2-17-13(16)11-6-3-10(4-7-11)5-8-12(15)9-14/h3-4,6-7H,2,5,8-9,14H2,1H3. The second-order valence-electron chi connectivity index (χ2n) is 3.66. The van der Waals surface area contributed by atoms with E-state index in [1.165, 1.54) is 0 Å². The lowest BCUT2D eigenvalue weighted by Gasteiger charge is -2.03. The van der Waals surface area contributed by atoms with Crippen LogP contribution in [0.2, 0.25) is 0 Å². The molecule has 1 aromatic rings. The number of ether oxygens (including phenoxy) is 1. The van der Waals surface area contributed by atoms with Crippen LogP contribution in [0.1, 0.15) is 29.3 Å². The van der Waals surface area contributed by atoms with Gasteiger partial charge in [0.25, 0.3) is 0 Å². The molecule has 0 atom stereocenters. The SMILES string of the molecule is CCOC(=O)c1ccc(CCC(=O)CN)cc1. The van der Waals surface area contributed by atoms with Crippen molar-refractivity contribution in [2.75, 3.05) is 13.2 Å². The minimum absolute atomic E-state index is 0.0412. The minimum atomic E-state index is -0.322. The zero-order valence-electron chi connectivity index (χ0n) is 9.94. The van der Waals surface area contributed by atoms with Crippen LogP contribution in [0.25, 0.3) is 0 Å². The summed E-state index contributed by atoms with van der Waals surface area (Å²) in [6.07, 6.45) is 1.09. The van der Waals surface area contributed by atoms with E-state index in [-0.39, 0.29) is 18.3 Å². The number of carbonyl (C=O) groups excluding carboxylic acids is 2. The second-order valence-corrected chi connectivity index (χ2v) is 3.66. The molecule has 0 aliphatic rings. The summed E-state index contributed by atoms with van der Waals surface area (Å²) in [6, 6.07) is 7.08. The molecule has 0 amide bonds. The number of nitrogens with two attached hydrogens (primary N) is 1. The van der Waals surface area contributed by atoms with Gasteiger partial charge in [0.1, 0.15) is 5.78 Å². The molecular weight excluding hydrogens is 218 g/mol. The lowest BCUT2D eigenvalue weighted by molar-refractivity contribution is -0.117. The molecular formula is C13H17NO3. The Morgan fingerprint density at radius 3 is 2.41 bits per heavy atom. The Morgan fingerprint density at radius 2 is 1.88 bits per heavy atom. The van der Waals surface area contributed by atoms with Crippen LogP contribution in [0.3, 0.4) is 0 Å². The zero-order chi connectivity index (χ0) is 12.7. The molecule has 0 saturated carbocycles. The molecule has 0 aliphatic carbocycles. The number of hydrogen-bond donors (Lipinski definition) is 1. The molecule has 0 spiro atoms. The summed E-state index contributed by atoms with van der Waals surface area (Å²) in [5, 5.41) is 0. The van der Waals surface area contributed by atoms with Crippen LogP contribution >= 0.6 is 0 Å². The number of ketones is 1. The fourth-order valence-corrected chi connectivity index (χ4v) is 1.41. The lowest BCUT2D eigenvalue weighted by atomic mass is 10.1. The molecule has 1 rings (SSSR count). The van der Waals surface area contributed by atoms with Gasteiger partial charge in [-0.1, -0.05) is 12.1 Å². The molecule has 0 aliphatic heterocycles. The topological polar surface area (TPSA) is 69.4 Å². The second kappa shape index (κ2) is 6.81. The molecule has 0 aromatic heterocycles. The Hall–Kier alpha value is -1.68. The summed E-state index contributed by atoms with van der Waals surface area (Å²) in [7, 11) is 0. The number of esters is 1. The molecule has 0 unspecified atom stereocenters. The molecule has 92 valence electrons. The van der Waals surface area contributed by atoms with Crippen molar-refractivity contribution in [3.8, 4) is 0 Å². The fourth-order valence-electron chi connectivity index (χ4n) is 1.41. The van der Waals surface area contributed by atoms with E-state index >= 15 is 0 Å². The maximum absolute atomic E-state index is 11.4. The van der Waals surface area contributed by atoms with Gasteiger partial charge in [-0.05, 0) is 31.0 Å². The third kappa shape index (κ3) is 4.36. The van der Waals surface area contributed by atoms with Crippen molar-refractivity contribution in [3.63, 3.8) is 0 Å². The predicted molar refractivity (Wildman–Crippen MR) is 64.8 cm³/mol. The highest BCUT2D eigenvalue weighted by Crippen LogP contribution is 2.08. The van der Waals surface area contributed by atoms with Crippen molar-refractivity contribution >= 4 is 11.8 Å². The molecule has 4 nitrogen and oxygen atoms in total. The van der Waals surface area contributed by atoms with Crippen LogP contribution in [0.15, 0.2) is 24.3 Å². The molecule has 4 heteroatoms. The Morgan fingerprint density at radius 1 is 1.24 bits per heavy atom. The molecule has 0 bridgehead atoms. The number of Topliss-reactive ketones (excluding diaryl/α,β-unsaturated/α-hetero) is 1. The van der Waals surface area contributed by atoms with Crippen LogP contribution in [0.4, 0.5) is 0 Å². The number of rotatable bonds is 6.